The minimum atomic E-state index is 0.418. The zero-order chi connectivity index (χ0) is 32.4. The molecular weight excluding hydrogens is 569 g/mol. The molecule has 0 aromatic heterocycles. The summed E-state index contributed by atoms with van der Waals surface area (Å²) in [5.41, 5.74) is 12.9. The van der Waals surface area contributed by atoms with Crippen molar-refractivity contribution in [1.82, 2.24) is 0 Å². The minimum Gasteiger partial charge on any atom is -0.261 e. The molecule has 1 unspecified atom stereocenters. The summed E-state index contributed by atoms with van der Waals surface area (Å²) in [5, 5.41) is 0. The highest BCUT2D eigenvalue weighted by molar-refractivity contribution is 6.15. The van der Waals surface area contributed by atoms with E-state index in [1.54, 1.807) is 0 Å². The van der Waals surface area contributed by atoms with Crippen LogP contribution in [0.3, 0.4) is 0 Å². The van der Waals surface area contributed by atoms with E-state index in [1.165, 1.54) is 39.0 Å². The molecule has 0 N–H and O–H groups in total. The van der Waals surface area contributed by atoms with Gasteiger partial charge in [-0.3, -0.25) is 4.99 Å². The summed E-state index contributed by atoms with van der Waals surface area (Å²) >= 11 is 0. The van der Waals surface area contributed by atoms with Gasteiger partial charge in [-0.1, -0.05) is 166 Å². The van der Waals surface area contributed by atoms with E-state index in [0.29, 0.717) is 12.5 Å². The maximum atomic E-state index is 5.35. The van der Waals surface area contributed by atoms with Crippen LogP contribution in [0.4, 0.5) is 0 Å². The molecule has 1 aliphatic rings. The van der Waals surface area contributed by atoms with Gasteiger partial charge >= 0.3 is 0 Å². The molecule has 47 heavy (non-hydrogen) atoms. The molecule has 0 saturated heterocycles. The SMILES string of the molecule is C=Cc1cc(C2=CCC(c3ccccc3)C=C2)ccc1-c1c(C)cccc1/C(CCC)=N/C(=N\Cc1ccccc1)c1ccccc1. The van der Waals surface area contributed by atoms with E-state index in [1.807, 2.05) is 18.2 Å². The van der Waals surface area contributed by atoms with Crippen LogP contribution < -0.4 is 0 Å². The van der Waals surface area contributed by atoms with Gasteiger partial charge in [0.15, 0.2) is 5.84 Å². The average Bonchev–Trinajstić information content (AvgIpc) is 3.14. The summed E-state index contributed by atoms with van der Waals surface area (Å²) in [4.78, 5) is 10.4. The van der Waals surface area contributed by atoms with Gasteiger partial charge in [-0.2, -0.15) is 0 Å². The number of amidine groups is 1. The highest BCUT2D eigenvalue weighted by atomic mass is 14.9. The lowest BCUT2D eigenvalue weighted by atomic mass is 9.85. The molecule has 0 amide bonds. The largest absolute Gasteiger partial charge is 0.261 e. The lowest BCUT2D eigenvalue weighted by molar-refractivity contribution is 0.856. The van der Waals surface area contributed by atoms with Gasteiger partial charge in [-0.25, -0.2) is 4.99 Å². The Hall–Kier alpha value is -5.34. The first kappa shape index (κ1) is 31.6. The van der Waals surface area contributed by atoms with Crippen LogP contribution in [0.25, 0.3) is 22.8 Å². The first-order valence-corrected chi connectivity index (χ1v) is 16.7. The van der Waals surface area contributed by atoms with Crippen molar-refractivity contribution in [3.63, 3.8) is 0 Å². The quantitative estimate of drug-likeness (QED) is 0.111. The molecule has 2 nitrogen and oxygen atoms in total. The van der Waals surface area contributed by atoms with Crippen LogP contribution in [-0.2, 0) is 6.54 Å². The average molecular weight is 611 g/mol. The van der Waals surface area contributed by atoms with Crippen LogP contribution in [0.15, 0.2) is 162 Å². The number of aliphatic imine (C=N–C) groups is 2. The molecule has 1 atom stereocenters. The van der Waals surface area contributed by atoms with Gasteiger partial charge in [0, 0.05) is 17.0 Å². The van der Waals surface area contributed by atoms with E-state index in [4.69, 9.17) is 9.98 Å². The van der Waals surface area contributed by atoms with Crippen molar-refractivity contribution in [2.45, 2.75) is 45.6 Å². The van der Waals surface area contributed by atoms with Crippen LogP contribution >= 0.6 is 0 Å². The van der Waals surface area contributed by atoms with Crippen molar-refractivity contribution in [3.8, 4) is 11.1 Å². The number of aryl methyl sites for hydroxylation is 1. The number of hydrogen-bond acceptors (Lipinski definition) is 1. The molecule has 232 valence electrons. The second-order valence-electron chi connectivity index (χ2n) is 12.1. The summed E-state index contributed by atoms with van der Waals surface area (Å²) in [6.45, 7) is 9.24. The molecule has 0 heterocycles. The molecule has 0 spiro atoms. The molecule has 2 heteroatoms. The van der Waals surface area contributed by atoms with Crippen molar-refractivity contribution < 1.29 is 0 Å². The molecule has 5 aromatic rings. The molecular formula is C45H42N2. The van der Waals surface area contributed by atoms with E-state index >= 15 is 0 Å². The fourth-order valence-electron chi connectivity index (χ4n) is 6.33. The second kappa shape index (κ2) is 15.3. The monoisotopic (exact) mass is 610 g/mol. The number of nitrogens with zero attached hydrogens (tertiary/aromatic N) is 2. The topological polar surface area (TPSA) is 24.7 Å². The predicted molar refractivity (Wildman–Crippen MR) is 202 cm³/mol. The standard InChI is InChI=1S/C45H42N2/c1-4-16-43(47-45(39-22-13-8-14-23-39)46-32-34-18-9-6-10-19-34)42-24-15-17-33(3)44(42)41-30-29-40(31-35(41)5-2)38-27-25-37(26-28-38)36-20-11-7-12-21-36/h5-15,17-25,27-31,37H,2,4,16,26,32H2,1,3H3/b46-45-,47-43+. The van der Waals surface area contributed by atoms with Gasteiger partial charge in [0.05, 0.1) is 12.3 Å². The maximum Gasteiger partial charge on any atom is 0.155 e. The Labute approximate surface area is 280 Å². The zero-order valence-corrected chi connectivity index (χ0v) is 27.4. The Morgan fingerprint density at radius 2 is 1.55 bits per heavy atom. The van der Waals surface area contributed by atoms with Crippen molar-refractivity contribution in [2.75, 3.05) is 0 Å². The first-order valence-electron chi connectivity index (χ1n) is 16.7. The maximum absolute atomic E-state index is 5.35. The Bertz CT molecular complexity index is 1940. The molecule has 0 saturated carbocycles. The van der Waals surface area contributed by atoms with Gasteiger partial charge in [0.2, 0.25) is 0 Å². The molecule has 1 aliphatic carbocycles. The summed E-state index contributed by atoms with van der Waals surface area (Å²) in [5.74, 6) is 1.18. The van der Waals surface area contributed by atoms with Crippen molar-refractivity contribution in [2.24, 2.45) is 9.98 Å². The molecule has 6 rings (SSSR count). The fourth-order valence-corrected chi connectivity index (χ4v) is 6.33. The normalized spacial score (nSPS) is 14.9. The van der Waals surface area contributed by atoms with Crippen molar-refractivity contribution in [1.29, 1.82) is 0 Å². The fraction of sp³-hybridized carbons (Fsp3) is 0.156. The number of hydrogen-bond donors (Lipinski definition) is 0. The smallest absolute Gasteiger partial charge is 0.155 e. The van der Waals surface area contributed by atoms with Crippen LogP contribution in [-0.4, -0.2) is 11.5 Å². The number of rotatable bonds is 10. The van der Waals surface area contributed by atoms with Crippen LogP contribution in [0.1, 0.15) is 71.0 Å². The third kappa shape index (κ3) is 7.56. The van der Waals surface area contributed by atoms with Gasteiger partial charge in [-0.05, 0) is 70.3 Å². The molecule has 5 aromatic carbocycles. The Morgan fingerprint density at radius 3 is 2.23 bits per heavy atom. The Balaban J connectivity index is 1.38. The highest BCUT2D eigenvalue weighted by Crippen LogP contribution is 2.36. The van der Waals surface area contributed by atoms with E-state index in [9.17, 15) is 0 Å². The van der Waals surface area contributed by atoms with Crippen LogP contribution in [0.5, 0.6) is 0 Å². The van der Waals surface area contributed by atoms with Gasteiger partial charge in [0.1, 0.15) is 0 Å². The van der Waals surface area contributed by atoms with Crippen molar-refractivity contribution >= 4 is 23.2 Å². The first-order chi connectivity index (χ1) is 23.1. The molecule has 0 radical (unpaired) electrons. The van der Waals surface area contributed by atoms with Crippen LogP contribution in [0, 0.1) is 6.92 Å². The number of allylic oxidation sites excluding steroid dienone is 4. The lowest BCUT2D eigenvalue weighted by Gasteiger charge is -2.20. The zero-order valence-electron chi connectivity index (χ0n) is 27.4. The van der Waals surface area contributed by atoms with Gasteiger partial charge in [-0.15, -0.1) is 0 Å². The Kier molecular flexibility index (Phi) is 10.3. The van der Waals surface area contributed by atoms with Gasteiger partial charge in [0.25, 0.3) is 0 Å². The van der Waals surface area contributed by atoms with Crippen molar-refractivity contribution in [3.05, 3.63) is 191 Å². The third-order valence-electron chi connectivity index (χ3n) is 8.80. The summed E-state index contributed by atoms with van der Waals surface area (Å²) < 4.78 is 0. The molecule has 0 aliphatic heterocycles. The Morgan fingerprint density at radius 1 is 0.830 bits per heavy atom. The lowest BCUT2D eigenvalue weighted by Crippen LogP contribution is -2.10. The van der Waals surface area contributed by atoms with Gasteiger partial charge < -0.3 is 0 Å². The summed E-state index contributed by atoms with van der Waals surface area (Å²) in [7, 11) is 0. The number of benzene rings is 5. The molecule has 0 fully saturated rings. The van der Waals surface area contributed by atoms with E-state index in [0.717, 1.165) is 47.5 Å². The molecule has 0 bridgehead atoms. The van der Waals surface area contributed by atoms with E-state index in [-0.39, 0.29) is 0 Å². The summed E-state index contributed by atoms with van der Waals surface area (Å²) in [6, 6.07) is 44.8. The second-order valence-corrected chi connectivity index (χ2v) is 12.1. The summed E-state index contributed by atoms with van der Waals surface area (Å²) in [6.07, 6.45) is 11.8. The third-order valence-corrected chi connectivity index (χ3v) is 8.80. The predicted octanol–water partition coefficient (Wildman–Crippen LogP) is 11.7. The minimum absolute atomic E-state index is 0.418. The van der Waals surface area contributed by atoms with Crippen LogP contribution in [0.2, 0.25) is 0 Å². The van der Waals surface area contributed by atoms with E-state index in [2.05, 4.69) is 154 Å². The highest BCUT2D eigenvalue weighted by Gasteiger charge is 2.18. The van der Waals surface area contributed by atoms with E-state index < -0.39 is 0 Å².